The van der Waals surface area contributed by atoms with Crippen LogP contribution in [0.3, 0.4) is 0 Å². The lowest BCUT2D eigenvalue weighted by molar-refractivity contribution is -0.116. The summed E-state index contributed by atoms with van der Waals surface area (Å²) in [5.41, 5.74) is 2.38. The first-order chi connectivity index (χ1) is 6.93. The second kappa shape index (κ2) is 5.26. The molecule has 2 atom stereocenters. The van der Waals surface area contributed by atoms with E-state index in [1.54, 1.807) is 6.92 Å². The Kier molecular flexibility index (Phi) is 4.53. The fourth-order valence-corrected chi connectivity index (χ4v) is 2.02. The topological polar surface area (TPSA) is 17.1 Å². The molecule has 0 amide bonds. The molecule has 0 saturated heterocycles. The van der Waals surface area contributed by atoms with Crippen LogP contribution < -0.4 is 0 Å². The number of carbonyl (C=O) groups is 1. The maximum atomic E-state index is 11.3. The van der Waals surface area contributed by atoms with Crippen molar-refractivity contribution in [2.24, 2.45) is 0 Å². The van der Waals surface area contributed by atoms with Gasteiger partial charge in [-0.25, -0.2) is 0 Å². The van der Waals surface area contributed by atoms with Crippen LogP contribution in [-0.2, 0) is 4.79 Å². The zero-order chi connectivity index (χ0) is 11.6. The standard InChI is InChI=1S/C12H14Br2O/c1-7-6-10(4-5-11(7)13)8(2)12(14)9(3)15/h4-6,8,12H,1-3H3. The maximum absolute atomic E-state index is 11.3. The predicted molar refractivity (Wildman–Crippen MR) is 70.7 cm³/mol. The zero-order valence-electron chi connectivity index (χ0n) is 9.05. The molecule has 1 nitrogen and oxygen atoms in total. The second-order valence-electron chi connectivity index (χ2n) is 3.81. The summed E-state index contributed by atoms with van der Waals surface area (Å²) in [6.45, 7) is 5.72. The number of aryl methyl sites for hydroxylation is 1. The highest BCUT2D eigenvalue weighted by atomic mass is 79.9. The molecule has 82 valence electrons. The highest BCUT2D eigenvalue weighted by molar-refractivity contribution is 9.10. The van der Waals surface area contributed by atoms with Gasteiger partial charge in [0.05, 0.1) is 4.83 Å². The van der Waals surface area contributed by atoms with Crippen LogP contribution in [0.2, 0.25) is 0 Å². The smallest absolute Gasteiger partial charge is 0.144 e. The summed E-state index contributed by atoms with van der Waals surface area (Å²) in [5.74, 6) is 0.373. The van der Waals surface area contributed by atoms with Gasteiger partial charge in [0.25, 0.3) is 0 Å². The molecule has 0 heterocycles. The molecular formula is C12H14Br2O. The summed E-state index contributed by atoms with van der Waals surface area (Å²) in [6.07, 6.45) is 0. The summed E-state index contributed by atoms with van der Waals surface area (Å²) in [4.78, 5) is 11.2. The Morgan fingerprint density at radius 1 is 1.40 bits per heavy atom. The molecule has 0 radical (unpaired) electrons. The van der Waals surface area contributed by atoms with Gasteiger partial charge in [-0.05, 0) is 31.0 Å². The summed E-state index contributed by atoms with van der Waals surface area (Å²) in [6, 6.07) is 6.20. The molecule has 0 aliphatic carbocycles. The molecule has 2 unspecified atom stereocenters. The monoisotopic (exact) mass is 332 g/mol. The molecule has 1 rings (SSSR count). The van der Waals surface area contributed by atoms with Gasteiger partial charge in [0.2, 0.25) is 0 Å². The molecule has 0 saturated carbocycles. The van der Waals surface area contributed by atoms with Crippen molar-refractivity contribution < 1.29 is 4.79 Å². The number of ketones is 1. The van der Waals surface area contributed by atoms with E-state index in [1.165, 1.54) is 11.1 Å². The van der Waals surface area contributed by atoms with E-state index in [2.05, 4.69) is 57.8 Å². The number of carbonyl (C=O) groups excluding carboxylic acids is 1. The molecule has 0 N–H and O–H groups in total. The lowest BCUT2D eigenvalue weighted by atomic mass is 9.95. The second-order valence-corrected chi connectivity index (χ2v) is 5.65. The molecule has 0 bridgehead atoms. The highest BCUT2D eigenvalue weighted by Gasteiger charge is 2.20. The molecule has 0 spiro atoms. The maximum Gasteiger partial charge on any atom is 0.144 e. The van der Waals surface area contributed by atoms with Crippen molar-refractivity contribution in [2.75, 3.05) is 0 Å². The Morgan fingerprint density at radius 2 is 2.00 bits per heavy atom. The number of alkyl halides is 1. The third-order valence-electron chi connectivity index (χ3n) is 2.54. The number of Topliss-reactive ketones (excluding diaryl/α,β-unsaturated/α-hetero) is 1. The first-order valence-corrected chi connectivity index (χ1v) is 6.55. The van der Waals surface area contributed by atoms with Gasteiger partial charge < -0.3 is 0 Å². The largest absolute Gasteiger partial charge is 0.299 e. The van der Waals surface area contributed by atoms with Crippen molar-refractivity contribution in [3.63, 3.8) is 0 Å². The van der Waals surface area contributed by atoms with Crippen molar-refractivity contribution in [3.8, 4) is 0 Å². The summed E-state index contributed by atoms with van der Waals surface area (Å²) >= 11 is 6.89. The van der Waals surface area contributed by atoms with Crippen LogP contribution in [0.1, 0.15) is 30.9 Å². The van der Waals surface area contributed by atoms with Crippen LogP contribution in [0.5, 0.6) is 0 Å². The minimum absolute atomic E-state index is 0.0990. The van der Waals surface area contributed by atoms with E-state index in [4.69, 9.17) is 0 Å². The summed E-state index contributed by atoms with van der Waals surface area (Å²) in [7, 11) is 0. The van der Waals surface area contributed by atoms with E-state index in [0.717, 1.165) is 4.47 Å². The van der Waals surface area contributed by atoms with E-state index in [0.29, 0.717) is 0 Å². The van der Waals surface area contributed by atoms with Crippen molar-refractivity contribution in [1.29, 1.82) is 0 Å². The SMILES string of the molecule is CC(=O)C(Br)C(C)c1ccc(Br)c(C)c1. The Hall–Kier alpha value is -0.150. The normalized spacial score (nSPS) is 14.7. The van der Waals surface area contributed by atoms with Crippen molar-refractivity contribution >= 4 is 37.6 Å². The number of benzene rings is 1. The minimum Gasteiger partial charge on any atom is -0.299 e. The van der Waals surface area contributed by atoms with Gasteiger partial charge in [0.15, 0.2) is 0 Å². The molecule has 0 aliphatic heterocycles. The van der Waals surface area contributed by atoms with Gasteiger partial charge in [-0.2, -0.15) is 0 Å². The van der Waals surface area contributed by atoms with E-state index in [1.807, 2.05) is 6.07 Å². The third kappa shape index (κ3) is 3.15. The van der Waals surface area contributed by atoms with E-state index < -0.39 is 0 Å². The highest BCUT2D eigenvalue weighted by Crippen LogP contribution is 2.28. The molecule has 15 heavy (non-hydrogen) atoms. The van der Waals surface area contributed by atoms with E-state index >= 15 is 0 Å². The van der Waals surface area contributed by atoms with Crippen molar-refractivity contribution in [3.05, 3.63) is 33.8 Å². The molecule has 3 heteroatoms. The average Bonchev–Trinajstić information content (AvgIpc) is 2.19. The molecule has 0 aromatic heterocycles. The number of hydrogen-bond acceptors (Lipinski definition) is 1. The van der Waals surface area contributed by atoms with Gasteiger partial charge in [0, 0.05) is 10.4 Å². The summed E-state index contributed by atoms with van der Waals surface area (Å²) < 4.78 is 1.10. The molecule has 0 aliphatic rings. The Labute approximate surface area is 108 Å². The van der Waals surface area contributed by atoms with E-state index in [-0.39, 0.29) is 16.5 Å². The molecule has 0 fully saturated rings. The Morgan fingerprint density at radius 3 is 2.47 bits per heavy atom. The van der Waals surface area contributed by atoms with Gasteiger partial charge in [0.1, 0.15) is 5.78 Å². The number of rotatable bonds is 3. The minimum atomic E-state index is -0.0990. The van der Waals surface area contributed by atoms with Gasteiger partial charge in [-0.1, -0.05) is 50.9 Å². The van der Waals surface area contributed by atoms with Gasteiger partial charge in [-0.3, -0.25) is 4.79 Å². The Balaban J connectivity index is 2.96. The first-order valence-electron chi connectivity index (χ1n) is 4.84. The van der Waals surface area contributed by atoms with E-state index in [9.17, 15) is 4.79 Å². The fourth-order valence-electron chi connectivity index (χ4n) is 1.47. The molecule has 1 aromatic carbocycles. The molecular weight excluding hydrogens is 320 g/mol. The fraction of sp³-hybridized carbons (Fsp3) is 0.417. The lowest BCUT2D eigenvalue weighted by Crippen LogP contribution is -2.17. The van der Waals surface area contributed by atoms with Crippen molar-refractivity contribution in [1.82, 2.24) is 0 Å². The van der Waals surface area contributed by atoms with Crippen LogP contribution in [-0.4, -0.2) is 10.6 Å². The third-order valence-corrected chi connectivity index (χ3v) is 4.86. The quantitative estimate of drug-likeness (QED) is 0.757. The van der Waals surface area contributed by atoms with Crippen LogP contribution in [0.25, 0.3) is 0 Å². The van der Waals surface area contributed by atoms with Gasteiger partial charge >= 0.3 is 0 Å². The van der Waals surface area contributed by atoms with Crippen LogP contribution >= 0.6 is 31.9 Å². The van der Waals surface area contributed by atoms with Crippen LogP contribution in [0.4, 0.5) is 0 Å². The van der Waals surface area contributed by atoms with Crippen LogP contribution in [0, 0.1) is 6.92 Å². The predicted octanol–water partition coefficient (Wildman–Crippen LogP) is 4.21. The molecule has 1 aromatic rings. The average molecular weight is 334 g/mol. The number of halogens is 2. The van der Waals surface area contributed by atoms with Gasteiger partial charge in [-0.15, -0.1) is 0 Å². The zero-order valence-corrected chi connectivity index (χ0v) is 12.2. The first kappa shape index (κ1) is 12.9. The van der Waals surface area contributed by atoms with Crippen molar-refractivity contribution in [2.45, 2.75) is 31.5 Å². The number of hydrogen-bond donors (Lipinski definition) is 0. The lowest BCUT2D eigenvalue weighted by Gasteiger charge is -2.17. The Bertz CT molecular complexity index is 374. The van der Waals surface area contributed by atoms with Crippen LogP contribution in [0.15, 0.2) is 22.7 Å². The summed E-state index contributed by atoms with van der Waals surface area (Å²) in [5, 5.41) is 0.